The zero-order valence-electron chi connectivity index (χ0n) is 14.8. The van der Waals surface area contributed by atoms with Crippen molar-refractivity contribution in [3.63, 3.8) is 0 Å². The minimum absolute atomic E-state index is 0.0891. The van der Waals surface area contributed by atoms with Gasteiger partial charge >= 0.3 is 0 Å². The van der Waals surface area contributed by atoms with Crippen LogP contribution in [0, 0.1) is 0 Å². The third-order valence-electron chi connectivity index (χ3n) is 5.27. The summed E-state index contributed by atoms with van der Waals surface area (Å²) in [5.41, 5.74) is 2.70. The molecule has 2 amide bonds. The van der Waals surface area contributed by atoms with Crippen LogP contribution >= 0.6 is 11.3 Å². The molecule has 26 heavy (non-hydrogen) atoms. The Morgan fingerprint density at radius 2 is 1.96 bits per heavy atom. The third-order valence-corrected chi connectivity index (χ3v) is 6.14. The number of thiophene rings is 1. The van der Waals surface area contributed by atoms with Crippen LogP contribution < -0.4 is 5.32 Å². The fourth-order valence-electron chi connectivity index (χ4n) is 3.91. The molecule has 0 radical (unpaired) electrons. The molecule has 1 N–H and O–H groups in total. The number of aryl methyl sites for hydroxylation is 1. The Labute approximate surface area is 158 Å². The van der Waals surface area contributed by atoms with E-state index in [1.807, 2.05) is 11.4 Å². The molecule has 1 aromatic carbocycles. The highest BCUT2D eigenvalue weighted by atomic mass is 32.1. The van der Waals surface area contributed by atoms with Crippen molar-refractivity contribution in [2.75, 3.05) is 6.54 Å². The maximum Gasteiger partial charge on any atom is 0.261 e. The van der Waals surface area contributed by atoms with Gasteiger partial charge in [-0.3, -0.25) is 9.59 Å². The average molecular weight is 369 g/mol. The first-order valence-corrected chi connectivity index (χ1v) is 10.3. The third kappa shape index (κ3) is 3.68. The number of carbonyl (C=O) groups excluding carboxylic acids is 2. The van der Waals surface area contributed by atoms with Gasteiger partial charge in [0.1, 0.15) is 0 Å². The molecule has 0 spiro atoms. The van der Waals surface area contributed by atoms with Crippen LogP contribution in [-0.4, -0.2) is 29.3 Å². The predicted molar refractivity (Wildman–Crippen MR) is 103 cm³/mol. The summed E-state index contributed by atoms with van der Waals surface area (Å²) in [6, 6.07) is 12.8. The minimum Gasteiger partial charge on any atom is -0.351 e. The molecule has 0 aliphatic heterocycles. The SMILES string of the molecule is O=C(NCCC(=O)N(C1CC1)C1CCCc2ccccc21)c1cccs1. The minimum atomic E-state index is -0.0891. The summed E-state index contributed by atoms with van der Waals surface area (Å²) in [6.07, 6.45) is 5.86. The maximum atomic E-state index is 13.0. The van der Waals surface area contributed by atoms with Crippen molar-refractivity contribution in [1.82, 2.24) is 10.2 Å². The molecule has 1 unspecified atom stereocenters. The van der Waals surface area contributed by atoms with Gasteiger partial charge in [-0.1, -0.05) is 30.3 Å². The van der Waals surface area contributed by atoms with Crippen LogP contribution in [-0.2, 0) is 11.2 Å². The molecule has 1 aromatic heterocycles. The Hall–Kier alpha value is -2.14. The van der Waals surface area contributed by atoms with Crippen LogP contribution in [0.15, 0.2) is 41.8 Å². The molecule has 4 nitrogen and oxygen atoms in total. The van der Waals surface area contributed by atoms with Gasteiger partial charge in [-0.15, -0.1) is 11.3 Å². The second kappa shape index (κ2) is 7.62. The van der Waals surface area contributed by atoms with Crippen molar-refractivity contribution in [3.8, 4) is 0 Å². The van der Waals surface area contributed by atoms with Crippen molar-refractivity contribution < 1.29 is 9.59 Å². The average Bonchev–Trinajstić information content (AvgIpc) is 3.33. The highest BCUT2D eigenvalue weighted by molar-refractivity contribution is 7.12. The van der Waals surface area contributed by atoms with E-state index in [0.29, 0.717) is 23.9 Å². The lowest BCUT2D eigenvalue weighted by atomic mass is 9.86. The normalized spacial score (nSPS) is 18.8. The van der Waals surface area contributed by atoms with E-state index in [0.717, 1.165) is 32.1 Å². The smallest absolute Gasteiger partial charge is 0.261 e. The molecule has 2 aliphatic carbocycles. The van der Waals surface area contributed by atoms with Crippen molar-refractivity contribution in [2.24, 2.45) is 0 Å². The van der Waals surface area contributed by atoms with Gasteiger partial charge in [0.2, 0.25) is 5.91 Å². The molecule has 2 aromatic rings. The largest absolute Gasteiger partial charge is 0.351 e. The lowest BCUT2D eigenvalue weighted by Gasteiger charge is -2.36. The molecule has 1 fully saturated rings. The summed E-state index contributed by atoms with van der Waals surface area (Å²) in [5.74, 6) is 0.0782. The number of nitrogens with one attached hydrogen (secondary N) is 1. The molecule has 0 saturated heterocycles. The Balaban J connectivity index is 1.41. The number of hydrogen-bond acceptors (Lipinski definition) is 3. The van der Waals surface area contributed by atoms with E-state index >= 15 is 0 Å². The van der Waals surface area contributed by atoms with Gasteiger partial charge < -0.3 is 10.2 Å². The standard InChI is InChI=1S/C21H24N2O2S/c24-20(12-13-22-21(25)19-9-4-14-26-19)23(16-10-11-16)18-8-3-6-15-5-1-2-7-17(15)18/h1-2,4-5,7,9,14,16,18H,3,6,8,10-13H2,(H,22,25). The molecule has 4 rings (SSSR count). The van der Waals surface area contributed by atoms with Gasteiger partial charge in [0.05, 0.1) is 10.9 Å². The Bertz CT molecular complexity index is 783. The quantitative estimate of drug-likeness (QED) is 0.840. The van der Waals surface area contributed by atoms with E-state index in [2.05, 4.69) is 34.5 Å². The highest BCUT2D eigenvalue weighted by Crippen LogP contribution is 2.41. The second-order valence-electron chi connectivity index (χ2n) is 7.12. The van der Waals surface area contributed by atoms with E-state index in [9.17, 15) is 9.59 Å². The molecule has 0 bridgehead atoms. The predicted octanol–water partition coefficient (Wildman–Crippen LogP) is 3.94. The monoisotopic (exact) mass is 368 g/mol. The van der Waals surface area contributed by atoms with E-state index in [4.69, 9.17) is 0 Å². The number of hydrogen-bond donors (Lipinski definition) is 1. The number of benzene rings is 1. The van der Waals surface area contributed by atoms with Crippen molar-refractivity contribution >= 4 is 23.2 Å². The van der Waals surface area contributed by atoms with Crippen LogP contribution in [0.5, 0.6) is 0 Å². The lowest BCUT2D eigenvalue weighted by Crippen LogP contribution is -2.40. The fraction of sp³-hybridized carbons (Fsp3) is 0.429. The fourth-order valence-corrected chi connectivity index (χ4v) is 4.55. The molecule has 1 atom stereocenters. The molecular weight excluding hydrogens is 344 g/mol. The Morgan fingerprint density at radius 1 is 1.12 bits per heavy atom. The van der Waals surface area contributed by atoms with E-state index in [-0.39, 0.29) is 17.9 Å². The first-order valence-electron chi connectivity index (χ1n) is 9.44. The maximum absolute atomic E-state index is 13.0. The van der Waals surface area contributed by atoms with Crippen LogP contribution in [0.2, 0.25) is 0 Å². The Morgan fingerprint density at radius 3 is 2.73 bits per heavy atom. The summed E-state index contributed by atoms with van der Waals surface area (Å²) in [6.45, 7) is 0.396. The summed E-state index contributed by atoms with van der Waals surface area (Å²) in [7, 11) is 0. The van der Waals surface area contributed by atoms with Gasteiger partial charge in [0.15, 0.2) is 0 Å². The van der Waals surface area contributed by atoms with Gasteiger partial charge in [-0.05, 0) is 54.7 Å². The number of fused-ring (bicyclic) bond motifs is 1. The van der Waals surface area contributed by atoms with Crippen LogP contribution in [0.3, 0.4) is 0 Å². The van der Waals surface area contributed by atoms with Crippen LogP contribution in [0.25, 0.3) is 0 Å². The molecule has 5 heteroatoms. The van der Waals surface area contributed by atoms with Crippen LogP contribution in [0.1, 0.15) is 58.9 Å². The second-order valence-corrected chi connectivity index (χ2v) is 8.07. The van der Waals surface area contributed by atoms with E-state index in [1.165, 1.54) is 22.5 Å². The van der Waals surface area contributed by atoms with Gasteiger partial charge in [-0.25, -0.2) is 0 Å². The Kier molecular flexibility index (Phi) is 5.07. The zero-order chi connectivity index (χ0) is 17.9. The van der Waals surface area contributed by atoms with Crippen molar-refractivity contribution in [2.45, 2.75) is 50.6 Å². The highest BCUT2D eigenvalue weighted by Gasteiger charge is 2.39. The summed E-state index contributed by atoms with van der Waals surface area (Å²) < 4.78 is 0. The summed E-state index contributed by atoms with van der Waals surface area (Å²) in [5, 5.41) is 4.76. The lowest BCUT2D eigenvalue weighted by molar-refractivity contribution is -0.134. The summed E-state index contributed by atoms with van der Waals surface area (Å²) >= 11 is 1.42. The van der Waals surface area contributed by atoms with Crippen molar-refractivity contribution in [3.05, 3.63) is 57.8 Å². The number of nitrogens with zero attached hydrogens (tertiary/aromatic N) is 1. The molecular formula is C21H24N2O2S. The summed E-state index contributed by atoms with van der Waals surface area (Å²) in [4.78, 5) is 27.8. The number of carbonyl (C=O) groups is 2. The topological polar surface area (TPSA) is 49.4 Å². The van der Waals surface area contributed by atoms with Gasteiger partial charge in [-0.2, -0.15) is 0 Å². The molecule has 1 heterocycles. The van der Waals surface area contributed by atoms with Crippen molar-refractivity contribution in [1.29, 1.82) is 0 Å². The molecule has 1 saturated carbocycles. The van der Waals surface area contributed by atoms with Gasteiger partial charge in [0.25, 0.3) is 5.91 Å². The molecule has 136 valence electrons. The first-order chi connectivity index (χ1) is 12.7. The van der Waals surface area contributed by atoms with E-state index in [1.54, 1.807) is 6.07 Å². The zero-order valence-corrected chi connectivity index (χ0v) is 15.6. The van der Waals surface area contributed by atoms with Crippen LogP contribution in [0.4, 0.5) is 0 Å². The van der Waals surface area contributed by atoms with Gasteiger partial charge in [0, 0.05) is 19.0 Å². The first kappa shape index (κ1) is 17.3. The molecule has 2 aliphatic rings. The van der Waals surface area contributed by atoms with E-state index < -0.39 is 0 Å². The number of amides is 2. The number of rotatable bonds is 6.